The first-order valence-corrected chi connectivity index (χ1v) is 9.13. The number of hydrogen-bond donors (Lipinski definition) is 1. The Kier molecular flexibility index (Phi) is 5.48. The second-order valence-corrected chi connectivity index (χ2v) is 7.59. The molecule has 3 aromatic rings. The van der Waals surface area contributed by atoms with Crippen molar-refractivity contribution in [2.24, 2.45) is 0 Å². The summed E-state index contributed by atoms with van der Waals surface area (Å²) in [5.74, 6) is 0.605. The lowest BCUT2D eigenvalue weighted by molar-refractivity contribution is -0.121. The van der Waals surface area contributed by atoms with Crippen molar-refractivity contribution in [2.75, 3.05) is 7.11 Å². The van der Waals surface area contributed by atoms with Gasteiger partial charge in [-0.2, -0.15) is 5.10 Å². The molecule has 0 bridgehead atoms. The fourth-order valence-corrected chi connectivity index (χ4v) is 2.89. The van der Waals surface area contributed by atoms with Gasteiger partial charge in [0.25, 0.3) is 5.56 Å². The lowest BCUT2D eigenvalue weighted by Crippen LogP contribution is -2.28. The van der Waals surface area contributed by atoms with E-state index in [1.54, 1.807) is 11.8 Å². The molecule has 0 unspecified atom stereocenters. The molecule has 8 nitrogen and oxygen atoms in total. The summed E-state index contributed by atoms with van der Waals surface area (Å²) in [7, 11) is 1.60. The molecule has 3 rings (SSSR count). The Balaban J connectivity index is 1.64. The minimum atomic E-state index is -0.270. The molecule has 0 radical (unpaired) electrons. The van der Waals surface area contributed by atoms with Crippen LogP contribution in [0, 0.1) is 0 Å². The second-order valence-electron chi connectivity index (χ2n) is 7.59. The van der Waals surface area contributed by atoms with Crippen LogP contribution in [0.5, 0.6) is 5.75 Å². The topological polar surface area (TPSA) is 91.0 Å². The van der Waals surface area contributed by atoms with Crippen molar-refractivity contribution in [3.63, 3.8) is 0 Å². The molecule has 28 heavy (non-hydrogen) atoms. The number of nitrogens with zero attached hydrogens (tertiary/aromatic N) is 4. The van der Waals surface area contributed by atoms with Crippen LogP contribution in [-0.2, 0) is 23.4 Å². The van der Waals surface area contributed by atoms with Crippen LogP contribution < -0.4 is 15.6 Å². The highest BCUT2D eigenvalue weighted by molar-refractivity contribution is 5.76. The minimum absolute atomic E-state index is 0.139. The molecule has 0 spiro atoms. The van der Waals surface area contributed by atoms with E-state index < -0.39 is 0 Å². The Hall–Kier alpha value is -3.16. The third-order valence-electron chi connectivity index (χ3n) is 4.39. The Morgan fingerprint density at radius 1 is 1.29 bits per heavy atom. The van der Waals surface area contributed by atoms with Crippen LogP contribution in [0.3, 0.4) is 0 Å². The summed E-state index contributed by atoms with van der Waals surface area (Å²) in [6.07, 6.45) is 3.20. The summed E-state index contributed by atoms with van der Waals surface area (Å²) in [5, 5.41) is 7.60. The number of rotatable bonds is 6. The number of aryl methyl sites for hydroxylation is 1. The molecule has 0 aliphatic carbocycles. The summed E-state index contributed by atoms with van der Waals surface area (Å²) in [5.41, 5.74) is 1.03. The van der Waals surface area contributed by atoms with E-state index in [1.807, 2.05) is 45.0 Å². The van der Waals surface area contributed by atoms with Crippen molar-refractivity contribution < 1.29 is 9.53 Å². The molecule has 2 aromatic heterocycles. The lowest BCUT2D eigenvalue weighted by atomic mass is 10.1. The average Bonchev–Trinajstić information content (AvgIpc) is 3.11. The number of amides is 1. The van der Waals surface area contributed by atoms with Gasteiger partial charge in [0.1, 0.15) is 11.1 Å². The van der Waals surface area contributed by atoms with Crippen molar-refractivity contribution in [3.8, 4) is 5.75 Å². The van der Waals surface area contributed by atoms with Crippen LogP contribution in [0.1, 0.15) is 32.8 Å². The smallest absolute Gasteiger partial charge is 0.264 e. The lowest BCUT2D eigenvalue weighted by Gasteiger charge is -2.19. The number of nitrogens with one attached hydrogen (secondary N) is 1. The van der Waals surface area contributed by atoms with Crippen LogP contribution in [0.2, 0.25) is 0 Å². The predicted octanol–water partition coefficient (Wildman–Crippen LogP) is 2.06. The third kappa shape index (κ3) is 4.21. The summed E-state index contributed by atoms with van der Waals surface area (Å²) in [6.45, 7) is 6.66. The van der Waals surface area contributed by atoms with Gasteiger partial charge in [-0.3, -0.25) is 14.2 Å². The maximum Gasteiger partial charge on any atom is 0.264 e. The minimum Gasteiger partial charge on any atom is -0.497 e. The predicted molar refractivity (Wildman–Crippen MR) is 106 cm³/mol. The zero-order valence-corrected chi connectivity index (χ0v) is 16.6. The molecular weight excluding hydrogens is 358 g/mol. The highest BCUT2D eigenvalue weighted by atomic mass is 16.5. The van der Waals surface area contributed by atoms with Gasteiger partial charge in [0.2, 0.25) is 5.91 Å². The van der Waals surface area contributed by atoms with Gasteiger partial charge < -0.3 is 10.1 Å². The zero-order valence-electron chi connectivity index (χ0n) is 16.6. The molecule has 0 aliphatic rings. The SMILES string of the molecule is COc1cccc(CNC(=O)CCn2cnc3c(cnn3C(C)(C)C)c2=O)c1. The summed E-state index contributed by atoms with van der Waals surface area (Å²) >= 11 is 0. The summed E-state index contributed by atoms with van der Waals surface area (Å²) in [4.78, 5) is 29.2. The standard InChI is InChI=1S/C20H25N5O3/c1-20(2,3)25-18-16(12-23-25)19(27)24(13-22-18)9-8-17(26)21-11-14-6-5-7-15(10-14)28-4/h5-7,10,12-13H,8-9,11H2,1-4H3,(H,21,26). The molecule has 0 saturated heterocycles. The normalized spacial score (nSPS) is 11.6. The molecule has 148 valence electrons. The van der Waals surface area contributed by atoms with E-state index in [4.69, 9.17) is 4.74 Å². The molecule has 2 heterocycles. The monoisotopic (exact) mass is 383 g/mol. The summed E-state index contributed by atoms with van der Waals surface area (Å²) in [6, 6.07) is 7.51. The van der Waals surface area contributed by atoms with Gasteiger partial charge in [-0.25, -0.2) is 9.67 Å². The van der Waals surface area contributed by atoms with Gasteiger partial charge in [-0.15, -0.1) is 0 Å². The van der Waals surface area contributed by atoms with Gasteiger partial charge in [0.05, 0.1) is 25.2 Å². The van der Waals surface area contributed by atoms with Crippen molar-refractivity contribution in [1.29, 1.82) is 0 Å². The number of carbonyl (C=O) groups excluding carboxylic acids is 1. The van der Waals surface area contributed by atoms with Crippen LogP contribution in [0.4, 0.5) is 0 Å². The number of benzene rings is 1. The van der Waals surface area contributed by atoms with Gasteiger partial charge >= 0.3 is 0 Å². The van der Waals surface area contributed by atoms with Gasteiger partial charge in [0.15, 0.2) is 5.65 Å². The fourth-order valence-electron chi connectivity index (χ4n) is 2.89. The Bertz CT molecular complexity index is 1050. The van der Waals surface area contributed by atoms with E-state index in [-0.39, 0.29) is 30.0 Å². The molecular formula is C20H25N5O3. The Morgan fingerprint density at radius 3 is 2.79 bits per heavy atom. The summed E-state index contributed by atoms with van der Waals surface area (Å²) < 4.78 is 8.35. The van der Waals surface area contributed by atoms with E-state index >= 15 is 0 Å². The number of hydrogen-bond acceptors (Lipinski definition) is 5. The maximum absolute atomic E-state index is 12.7. The molecule has 0 saturated carbocycles. The van der Waals surface area contributed by atoms with Gasteiger partial charge in [-0.05, 0) is 38.5 Å². The molecule has 1 aromatic carbocycles. The molecule has 8 heteroatoms. The fraction of sp³-hybridized carbons (Fsp3) is 0.400. The van der Waals surface area contributed by atoms with E-state index in [0.717, 1.165) is 11.3 Å². The molecule has 0 aliphatic heterocycles. The first-order chi connectivity index (χ1) is 13.3. The molecule has 1 N–H and O–H groups in total. The first kappa shape index (κ1) is 19.6. The maximum atomic E-state index is 12.7. The van der Waals surface area contributed by atoms with Crippen molar-refractivity contribution in [1.82, 2.24) is 24.6 Å². The number of fused-ring (bicyclic) bond motifs is 1. The van der Waals surface area contributed by atoms with E-state index in [9.17, 15) is 9.59 Å². The van der Waals surface area contributed by atoms with Crippen LogP contribution >= 0.6 is 0 Å². The van der Waals surface area contributed by atoms with E-state index in [0.29, 0.717) is 17.6 Å². The molecule has 0 fully saturated rings. The third-order valence-corrected chi connectivity index (χ3v) is 4.39. The zero-order chi connectivity index (χ0) is 20.3. The second kappa shape index (κ2) is 7.84. The van der Waals surface area contributed by atoms with E-state index in [2.05, 4.69) is 15.4 Å². The average molecular weight is 383 g/mol. The highest BCUT2D eigenvalue weighted by Gasteiger charge is 2.19. The number of aromatic nitrogens is 4. The number of methoxy groups -OCH3 is 1. The number of ether oxygens (including phenoxy) is 1. The van der Waals surface area contributed by atoms with Crippen molar-refractivity contribution >= 4 is 16.9 Å². The largest absolute Gasteiger partial charge is 0.497 e. The molecule has 0 atom stereocenters. The highest BCUT2D eigenvalue weighted by Crippen LogP contribution is 2.17. The van der Waals surface area contributed by atoms with Crippen molar-refractivity contribution in [3.05, 3.63) is 52.7 Å². The van der Waals surface area contributed by atoms with Crippen molar-refractivity contribution in [2.45, 2.75) is 45.8 Å². The molecule has 1 amide bonds. The van der Waals surface area contributed by atoms with Crippen LogP contribution in [0.15, 0.2) is 41.6 Å². The Labute approximate surface area is 163 Å². The van der Waals surface area contributed by atoms with Crippen LogP contribution in [0.25, 0.3) is 11.0 Å². The number of carbonyl (C=O) groups is 1. The van der Waals surface area contributed by atoms with Gasteiger partial charge in [0, 0.05) is 19.5 Å². The van der Waals surface area contributed by atoms with Crippen LogP contribution in [-0.4, -0.2) is 32.3 Å². The van der Waals surface area contributed by atoms with Gasteiger partial charge in [-0.1, -0.05) is 12.1 Å². The van der Waals surface area contributed by atoms with E-state index in [1.165, 1.54) is 17.1 Å². The first-order valence-electron chi connectivity index (χ1n) is 9.13. The quantitative estimate of drug-likeness (QED) is 0.704. The Morgan fingerprint density at radius 2 is 2.07 bits per heavy atom.